The van der Waals surface area contributed by atoms with Gasteiger partial charge in [0.15, 0.2) is 0 Å². The lowest BCUT2D eigenvalue weighted by molar-refractivity contribution is 0.397. The number of sulfonamides is 1. The summed E-state index contributed by atoms with van der Waals surface area (Å²) in [6.07, 6.45) is 3.10. The molecular weight excluding hydrogens is 367 g/mol. The average molecular weight is 391 g/mol. The molecule has 1 aromatic carbocycles. The summed E-state index contributed by atoms with van der Waals surface area (Å²) in [5.74, 6) is -0.189. The van der Waals surface area contributed by atoms with Crippen LogP contribution in [0.25, 0.3) is 5.69 Å². The Bertz CT molecular complexity index is 795. The van der Waals surface area contributed by atoms with E-state index in [1.165, 1.54) is 40.6 Å². The van der Waals surface area contributed by atoms with E-state index < -0.39 is 15.8 Å². The third kappa shape index (κ3) is 5.01. The van der Waals surface area contributed by atoms with Crippen molar-refractivity contribution in [2.24, 2.45) is 11.7 Å². The van der Waals surface area contributed by atoms with E-state index in [4.69, 9.17) is 5.73 Å². The number of para-hydroxylation sites is 1. The third-order valence-electron chi connectivity index (χ3n) is 4.00. The van der Waals surface area contributed by atoms with Crippen LogP contribution in [-0.2, 0) is 10.0 Å². The van der Waals surface area contributed by atoms with E-state index in [0.717, 1.165) is 0 Å². The summed E-state index contributed by atoms with van der Waals surface area (Å²) in [5, 5.41) is 3.97. The zero-order valence-corrected chi connectivity index (χ0v) is 16.1. The van der Waals surface area contributed by atoms with Gasteiger partial charge in [0.1, 0.15) is 16.4 Å². The molecule has 0 spiro atoms. The fraction of sp³-hybridized carbons (Fsp3) is 0.438. The van der Waals surface area contributed by atoms with Gasteiger partial charge < -0.3 is 5.73 Å². The van der Waals surface area contributed by atoms with Crippen molar-refractivity contribution < 1.29 is 12.8 Å². The molecule has 1 atom stereocenters. The number of hydrogen-bond donors (Lipinski definition) is 1. The summed E-state index contributed by atoms with van der Waals surface area (Å²) in [7, 11) is -2.19. The third-order valence-corrected chi connectivity index (χ3v) is 5.81. The quantitative estimate of drug-likeness (QED) is 0.787. The van der Waals surface area contributed by atoms with Gasteiger partial charge in [-0.3, -0.25) is 0 Å². The molecule has 25 heavy (non-hydrogen) atoms. The molecule has 9 heteroatoms. The highest BCUT2D eigenvalue weighted by Crippen LogP contribution is 2.18. The van der Waals surface area contributed by atoms with Crippen LogP contribution in [0.2, 0.25) is 0 Å². The van der Waals surface area contributed by atoms with Crippen molar-refractivity contribution in [3.63, 3.8) is 0 Å². The SMILES string of the molecule is CC(C)C(N)CCN(C)S(=O)(=O)c1cnn(-c2ccccc2F)c1.Cl. The minimum atomic E-state index is -3.69. The summed E-state index contributed by atoms with van der Waals surface area (Å²) in [6.45, 7) is 4.31. The van der Waals surface area contributed by atoms with Gasteiger partial charge in [-0.15, -0.1) is 12.4 Å². The molecule has 0 fully saturated rings. The molecular formula is C16H24ClFN4O2S. The minimum Gasteiger partial charge on any atom is -0.327 e. The van der Waals surface area contributed by atoms with E-state index in [1.807, 2.05) is 13.8 Å². The van der Waals surface area contributed by atoms with Crippen LogP contribution in [0.15, 0.2) is 41.6 Å². The van der Waals surface area contributed by atoms with Gasteiger partial charge in [0, 0.05) is 19.6 Å². The minimum absolute atomic E-state index is 0. The first-order valence-electron chi connectivity index (χ1n) is 7.75. The Morgan fingerprint density at radius 3 is 2.56 bits per heavy atom. The molecule has 2 N–H and O–H groups in total. The first-order chi connectivity index (χ1) is 11.2. The Morgan fingerprint density at radius 1 is 1.32 bits per heavy atom. The van der Waals surface area contributed by atoms with E-state index in [2.05, 4.69) is 5.10 Å². The molecule has 1 heterocycles. The Hall–Kier alpha value is -1.48. The fourth-order valence-electron chi connectivity index (χ4n) is 2.17. The lowest BCUT2D eigenvalue weighted by atomic mass is 10.0. The maximum absolute atomic E-state index is 13.8. The summed E-state index contributed by atoms with van der Waals surface area (Å²) >= 11 is 0. The Morgan fingerprint density at radius 2 is 1.96 bits per heavy atom. The largest absolute Gasteiger partial charge is 0.327 e. The molecule has 0 saturated heterocycles. The van der Waals surface area contributed by atoms with Crippen molar-refractivity contribution >= 4 is 22.4 Å². The Kier molecular flexibility index (Phi) is 7.55. The number of aromatic nitrogens is 2. The van der Waals surface area contributed by atoms with Crippen molar-refractivity contribution in [1.82, 2.24) is 14.1 Å². The zero-order chi connectivity index (χ0) is 17.9. The topological polar surface area (TPSA) is 81.2 Å². The lowest BCUT2D eigenvalue weighted by Gasteiger charge is -2.20. The van der Waals surface area contributed by atoms with Gasteiger partial charge in [0.2, 0.25) is 10.0 Å². The number of rotatable bonds is 7. The molecule has 1 aromatic heterocycles. The van der Waals surface area contributed by atoms with Gasteiger partial charge in [-0.05, 0) is 24.5 Å². The van der Waals surface area contributed by atoms with E-state index in [0.29, 0.717) is 13.0 Å². The van der Waals surface area contributed by atoms with Crippen molar-refractivity contribution in [2.75, 3.05) is 13.6 Å². The monoisotopic (exact) mass is 390 g/mol. The van der Waals surface area contributed by atoms with E-state index in [-0.39, 0.29) is 34.9 Å². The van der Waals surface area contributed by atoms with E-state index in [1.54, 1.807) is 12.1 Å². The van der Waals surface area contributed by atoms with Crippen molar-refractivity contribution in [3.8, 4) is 5.69 Å². The number of benzene rings is 1. The maximum atomic E-state index is 13.8. The van der Waals surface area contributed by atoms with Crippen LogP contribution in [0.5, 0.6) is 0 Å². The summed E-state index contributed by atoms with van der Waals surface area (Å²) < 4.78 is 41.4. The molecule has 0 saturated carbocycles. The molecule has 6 nitrogen and oxygen atoms in total. The van der Waals surface area contributed by atoms with Crippen LogP contribution in [0.3, 0.4) is 0 Å². The number of halogens is 2. The fourth-order valence-corrected chi connectivity index (χ4v) is 3.29. The molecule has 2 rings (SSSR count). The molecule has 0 aliphatic rings. The van der Waals surface area contributed by atoms with Crippen LogP contribution < -0.4 is 5.73 Å². The lowest BCUT2D eigenvalue weighted by Crippen LogP contribution is -2.34. The normalized spacial score (nSPS) is 13.1. The van der Waals surface area contributed by atoms with Crippen molar-refractivity contribution in [2.45, 2.75) is 31.2 Å². The Balaban J connectivity index is 0.00000312. The van der Waals surface area contributed by atoms with Crippen LogP contribution in [0.4, 0.5) is 4.39 Å². The van der Waals surface area contributed by atoms with Crippen LogP contribution in [0, 0.1) is 11.7 Å². The second-order valence-corrected chi connectivity index (χ2v) is 8.14. The average Bonchev–Trinajstić information content (AvgIpc) is 3.02. The molecule has 0 bridgehead atoms. The maximum Gasteiger partial charge on any atom is 0.245 e. The second-order valence-electron chi connectivity index (χ2n) is 6.10. The predicted octanol–water partition coefficient (Wildman–Crippen LogP) is 2.43. The van der Waals surface area contributed by atoms with Crippen LogP contribution in [-0.4, -0.2) is 42.1 Å². The molecule has 0 aliphatic carbocycles. The smallest absolute Gasteiger partial charge is 0.245 e. The van der Waals surface area contributed by atoms with Gasteiger partial charge in [-0.1, -0.05) is 26.0 Å². The predicted molar refractivity (Wildman–Crippen MR) is 98.0 cm³/mol. The van der Waals surface area contributed by atoms with E-state index in [9.17, 15) is 12.8 Å². The first-order valence-corrected chi connectivity index (χ1v) is 9.19. The highest BCUT2D eigenvalue weighted by molar-refractivity contribution is 7.89. The zero-order valence-electron chi connectivity index (χ0n) is 14.5. The van der Waals surface area contributed by atoms with Crippen molar-refractivity contribution in [3.05, 3.63) is 42.5 Å². The number of nitrogens with zero attached hydrogens (tertiary/aromatic N) is 3. The van der Waals surface area contributed by atoms with Gasteiger partial charge in [-0.2, -0.15) is 5.10 Å². The van der Waals surface area contributed by atoms with Gasteiger partial charge in [0.05, 0.1) is 12.4 Å². The van der Waals surface area contributed by atoms with Gasteiger partial charge in [-0.25, -0.2) is 21.8 Å². The standard InChI is InChI=1S/C16H23FN4O2S.ClH/c1-12(2)15(18)8-9-20(3)24(22,23)13-10-19-21(11-13)16-7-5-4-6-14(16)17;/h4-7,10-12,15H,8-9,18H2,1-3H3;1H. The highest BCUT2D eigenvalue weighted by atomic mass is 35.5. The van der Waals surface area contributed by atoms with Crippen LogP contribution >= 0.6 is 12.4 Å². The molecule has 1 unspecified atom stereocenters. The van der Waals surface area contributed by atoms with Crippen LogP contribution in [0.1, 0.15) is 20.3 Å². The second kappa shape index (κ2) is 8.75. The van der Waals surface area contributed by atoms with E-state index >= 15 is 0 Å². The summed E-state index contributed by atoms with van der Waals surface area (Å²) in [5.41, 5.74) is 6.16. The highest BCUT2D eigenvalue weighted by Gasteiger charge is 2.24. The number of hydrogen-bond acceptors (Lipinski definition) is 4. The first kappa shape index (κ1) is 21.6. The summed E-state index contributed by atoms with van der Waals surface area (Å²) in [6, 6.07) is 5.98. The molecule has 140 valence electrons. The molecule has 0 aliphatic heterocycles. The summed E-state index contributed by atoms with van der Waals surface area (Å²) in [4.78, 5) is 0.0198. The Labute approximate surface area is 154 Å². The van der Waals surface area contributed by atoms with Gasteiger partial charge in [0.25, 0.3) is 0 Å². The molecule has 0 radical (unpaired) electrons. The molecule has 2 aromatic rings. The van der Waals surface area contributed by atoms with Gasteiger partial charge >= 0.3 is 0 Å². The van der Waals surface area contributed by atoms with Crippen molar-refractivity contribution in [1.29, 1.82) is 0 Å². The number of nitrogens with two attached hydrogens (primary N) is 1. The molecule has 0 amide bonds.